The summed E-state index contributed by atoms with van der Waals surface area (Å²) < 4.78 is 6.03. The molecule has 0 aliphatic rings. The van der Waals surface area contributed by atoms with Crippen LogP contribution in [0.3, 0.4) is 0 Å². The lowest BCUT2D eigenvalue weighted by atomic mass is 10.2. The number of carbonyl (C=O) groups excluding carboxylic acids is 1. The molecule has 0 saturated carbocycles. The van der Waals surface area contributed by atoms with Crippen molar-refractivity contribution in [2.75, 3.05) is 6.54 Å². The third-order valence-electron chi connectivity index (χ3n) is 2.14. The molecule has 0 saturated heterocycles. The molecular formula is C13H16BrNO2. The molecular weight excluding hydrogens is 282 g/mol. The van der Waals surface area contributed by atoms with Gasteiger partial charge in [-0.2, -0.15) is 0 Å². The molecule has 1 aromatic carbocycles. The number of nitrogens with one attached hydrogen (secondary N) is 1. The van der Waals surface area contributed by atoms with Gasteiger partial charge in [0.05, 0.1) is 6.54 Å². The molecule has 4 heteroatoms. The highest BCUT2D eigenvalue weighted by Crippen LogP contribution is 2.09. The first-order chi connectivity index (χ1) is 8.09. The molecule has 1 rings (SSSR count). The van der Waals surface area contributed by atoms with Gasteiger partial charge in [-0.15, -0.1) is 0 Å². The number of benzene rings is 1. The fourth-order valence-electron chi connectivity index (χ4n) is 1.10. The second kappa shape index (κ2) is 7.12. The summed E-state index contributed by atoms with van der Waals surface area (Å²) in [6.45, 7) is 4.69. The lowest BCUT2D eigenvalue weighted by molar-refractivity contribution is 0.140. The number of ether oxygens (including phenoxy) is 1. The largest absolute Gasteiger partial charge is 0.445 e. The van der Waals surface area contributed by atoms with Crippen molar-refractivity contribution in [1.29, 1.82) is 0 Å². The first kappa shape index (κ1) is 13.8. The Morgan fingerprint density at radius 1 is 1.29 bits per heavy atom. The number of amides is 1. The molecule has 0 unspecified atom stereocenters. The molecule has 0 aliphatic heterocycles. The highest BCUT2D eigenvalue weighted by molar-refractivity contribution is 9.11. The summed E-state index contributed by atoms with van der Waals surface area (Å²) in [5.74, 6) is 0. The van der Waals surface area contributed by atoms with E-state index in [9.17, 15) is 4.79 Å². The average molecular weight is 298 g/mol. The molecule has 1 amide bonds. The molecule has 0 spiro atoms. The number of rotatable bonds is 4. The van der Waals surface area contributed by atoms with Gasteiger partial charge < -0.3 is 10.1 Å². The van der Waals surface area contributed by atoms with E-state index < -0.39 is 6.09 Å². The molecule has 0 heterocycles. The Hall–Kier alpha value is -1.29. The SMILES string of the molecule is CC(C)=C(Br)CNC(=O)OCc1ccccc1. The van der Waals surface area contributed by atoms with E-state index in [2.05, 4.69) is 21.2 Å². The quantitative estimate of drug-likeness (QED) is 0.922. The van der Waals surface area contributed by atoms with Crippen molar-refractivity contribution in [1.82, 2.24) is 5.32 Å². The maximum atomic E-state index is 11.4. The van der Waals surface area contributed by atoms with Crippen LogP contribution >= 0.6 is 15.9 Å². The molecule has 0 bridgehead atoms. The molecule has 0 fully saturated rings. The van der Waals surface area contributed by atoms with Crippen LogP contribution in [0.2, 0.25) is 0 Å². The Morgan fingerprint density at radius 2 is 1.94 bits per heavy atom. The van der Waals surface area contributed by atoms with Crippen LogP contribution in [-0.4, -0.2) is 12.6 Å². The lowest BCUT2D eigenvalue weighted by Gasteiger charge is -2.07. The van der Waals surface area contributed by atoms with Crippen LogP contribution < -0.4 is 5.32 Å². The van der Waals surface area contributed by atoms with Crippen LogP contribution in [0.1, 0.15) is 19.4 Å². The standard InChI is InChI=1S/C13H16BrNO2/c1-10(2)12(14)8-15-13(16)17-9-11-6-4-3-5-7-11/h3-7H,8-9H2,1-2H3,(H,15,16). The molecule has 0 atom stereocenters. The van der Waals surface area contributed by atoms with E-state index >= 15 is 0 Å². The topological polar surface area (TPSA) is 38.3 Å². The summed E-state index contributed by atoms with van der Waals surface area (Å²) in [5.41, 5.74) is 2.11. The molecule has 0 radical (unpaired) electrons. The van der Waals surface area contributed by atoms with Crippen molar-refractivity contribution in [3.05, 3.63) is 46.0 Å². The highest BCUT2D eigenvalue weighted by Gasteiger charge is 2.03. The zero-order valence-corrected chi connectivity index (χ0v) is 11.6. The molecule has 17 heavy (non-hydrogen) atoms. The number of hydrogen-bond donors (Lipinski definition) is 1. The highest BCUT2D eigenvalue weighted by atomic mass is 79.9. The average Bonchev–Trinajstić information content (AvgIpc) is 2.34. The first-order valence-corrected chi connectivity index (χ1v) is 6.15. The summed E-state index contributed by atoms with van der Waals surface area (Å²) in [7, 11) is 0. The van der Waals surface area contributed by atoms with Crippen molar-refractivity contribution in [2.24, 2.45) is 0 Å². The predicted molar refractivity (Wildman–Crippen MR) is 71.9 cm³/mol. The first-order valence-electron chi connectivity index (χ1n) is 5.36. The minimum atomic E-state index is -0.410. The Morgan fingerprint density at radius 3 is 2.53 bits per heavy atom. The van der Waals surface area contributed by atoms with Crippen LogP contribution in [0.15, 0.2) is 40.4 Å². The third kappa shape index (κ3) is 5.54. The number of halogens is 1. The van der Waals surface area contributed by atoms with Crippen LogP contribution in [0.4, 0.5) is 4.79 Å². The normalized spacial score (nSPS) is 9.59. The van der Waals surface area contributed by atoms with E-state index in [0.29, 0.717) is 13.2 Å². The zero-order chi connectivity index (χ0) is 12.7. The van der Waals surface area contributed by atoms with Gasteiger partial charge in [-0.1, -0.05) is 51.8 Å². The second-order valence-electron chi connectivity index (χ2n) is 3.82. The van der Waals surface area contributed by atoms with E-state index in [1.165, 1.54) is 0 Å². The van der Waals surface area contributed by atoms with Crippen LogP contribution in [0, 0.1) is 0 Å². The molecule has 0 aromatic heterocycles. The number of hydrogen-bond acceptors (Lipinski definition) is 2. The van der Waals surface area contributed by atoms with Gasteiger partial charge in [0, 0.05) is 4.48 Å². The van der Waals surface area contributed by atoms with Gasteiger partial charge in [0.2, 0.25) is 0 Å². The Balaban J connectivity index is 2.29. The number of carbonyl (C=O) groups is 1. The molecule has 0 aliphatic carbocycles. The van der Waals surface area contributed by atoms with E-state index in [0.717, 1.165) is 15.6 Å². The molecule has 3 nitrogen and oxygen atoms in total. The maximum Gasteiger partial charge on any atom is 0.407 e. The van der Waals surface area contributed by atoms with Crippen LogP contribution in [0.5, 0.6) is 0 Å². The van der Waals surface area contributed by atoms with E-state index in [1.807, 2.05) is 44.2 Å². The summed E-state index contributed by atoms with van der Waals surface area (Å²) in [5, 5.41) is 2.67. The fourth-order valence-corrected chi connectivity index (χ4v) is 1.24. The van der Waals surface area contributed by atoms with Gasteiger partial charge in [-0.05, 0) is 19.4 Å². The summed E-state index contributed by atoms with van der Waals surface area (Å²) in [6, 6.07) is 9.58. The van der Waals surface area contributed by atoms with Crippen molar-refractivity contribution < 1.29 is 9.53 Å². The van der Waals surface area contributed by atoms with Crippen molar-refractivity contribution >= 4 is 22.0 Å². The monoisotopic (exact) mass is 297 g/mol. The van der Waals surface area contributed by atoms with Gasteiger partial charge in [-0.25, -0.2) is 4.79 Å². The number of alkyl carbamates (subject to hydrolysis) is 1. The van der Waals surface area contributed by atoms with Gasteiger partial charge in [-0.3, -0.25) is 0 Å². The van der Waals surface area contributed by atoms with Crippen molar-refractivity contribution in [2.45, 2.75) is 20.5 Å². The summed E-state index contributed by atoms with van der Waals surface area (Å²) in [4.78, 5) is 11.4. The van der Waals surface area contributed by atoms with Crippen molar-refractivity contribution in [3.8, 4) is 0 Å². The predicted octanol–water partition coefficient (Wildman–Crippen LogP) is 3.60. The zero-order valence-electron chi connectivity index (χ0n) is 10.00. The third-order valence-corrected chi connectivity index (χ3v) is 3.22. The minimum absolute atomic E-state index is 0.291. The smallest absolute Gasteiger partial charge is 0.407 e. The van der Waals surface area contributed by atoms with Crippen molar-refractivity contribution in [3.63, 3.8) is 0 Å². The maximum absolute atomic E-state index is 11.4. The Labute approximate surface area is 110 Å². The van der Waals surface area contributed by atoms with E-state index in [-0.39, 0.29) is 0 Å². The summed E-state index contributed by atoms with van der Waals surface area (Å²) >= 11 is 3.38. The number of allylic oxidation sites excluding steroid dienone is 1. The molecule has 1 N–H and O–H groups in total. The minimum Gasteiger partial charge on any atom is -0.445 e. The molecule has 1 aromatic rings. The van der Waals surface area contributed by atoms with E-state index in [1.54, 1.807) is 0 Å². The van der Waals surface area contributed by atoms with Gasteiger partial charge in [0.25, 0.3) is 0 Å². The second-order valence-corrected chi connectivity index (χ2v) is 4.78. The Kier molecular flexibility index (Phi) is 5.77. The fraction of sp³-hybridized carbons (Fsp3) is 0.308. The van der Waals surface area contributed by atoms with Gasteiger partial charge >= 0.3 is 6.09 Å². The van der Waals surface area contributed by atoms with Crippen LogP contribution in [0.25, 0.3) is 0 Å². The Bertz CT molecular complexity index is 397. The summed E-state index contributed by atoms with van der Waals surface area (Å²) in [6.07, 6.45) is -0.410. The van der Waals surface area contributed by atoms with E-state index in [4.69, 9.17) is 4.74 Å². The van der Waals surface area contributed by atoms with Crippen LogP contribution in [-0.2, 0) is 11.3 Å². The van der Waals surface area contributed by atoms with Gasteiger partial charge in [0.1, 0.15) is 6.61 Å². The van der Waals surface area contributed by atoms with Gasteiger partial charge in [0.15, 0.2) is 0 Å². The lowest BCUT2D eigenvalue weighted by Crippen LogP contribution is -2.25. The molecule has 92 valence electrons.